The second kappa shape index (κ2) is 8.88. The molecular formula is C18H21FN2O3. The summed E-state index contributed by atoms with van der Waals surface area (Å²) in [6.45, 7) is 0.641. The van der Waals surface area contributed by atoms with Crippen LogP contribution in [0.4, 0.5) is 9.18 Å². The summed E-state index contributed by atoms with van der Waals surface area (Å²) in [6, 6.07) is 13.2. The molecule has 5 nitrogen and oxygen atoms in total. The van der Waals surface area contributed by atoms with Gasteiger partial charge in [-0.1, -0.05) is 24.3 Å². The van der Waals surface area contributed by atoms with Gasteiger partial charge in [0.25, 0.3) is 0 Å². The van der Waals surface area contributed by atoms with E-state index < -0.39 is 0 Å². The van der Waals surface area contributed by atoms with Crippen LogP contribution in [0.1, 0.15) is 17.2 Å². The van der Waals surface area contributed by atoms with Gasteiger partial charge in [0.15, 0.2) is 0 Å². The molecule has 0 radical (unpaired) electrons. The Morgan fingerprint density at radius 1 is 1.12 bits per heavy atom. The van der Waals surface area contributed by atoms with Crippen molar-refractivity contribution >= 4 is 6.03 Å². The number of halogens is 1. The van der Waals surface area contributed by atoms with E-state index in [4.69, 9.17) is 9.47 Å². The van der Waals surface area contributed by atoms with Gasteiger partial charge in [0.2, 0.25) is 0 Å². The normalized spacial score (nSPS) is 11.6. The van der Waals surface area contributed by atoms with E-state index in [1.54, 1.807) is 26.4 Å². The number of rotatable bonds is 7. The maximum absolute atomic E-state index is 12.8. The average molecular weight is 332 g/mol. The van der Waals surface area contributed by atoms with Crippen molar-refractivity contribution in [3.8, 4) is 5.75 Å². The highest BCUT2D eigenvalue weighted by Crippen LogP contribution is 2.20. The summed E-state index contributed by atoms with van der Waals surface area (Å²) in [5, 5.41) is 5.48. The number of hydrogen-bond acceptors (Lipinski definition) is 3. The second-order valence-corrected chi connectivity index (χ2v) is 5.19. The first-order valence-electron chi connectivity index (χ1n) is 7.55. The smallest absolute Gasteiger partial charge is 0.315 e. The number of urea groups is 1. The number of benzene rings is 2. The largest absolute Gasteiger partial charge is 0.497 e. The van der Waals surface area contributed by atoms with Crippen molar-refractivity contribution in [1.29, 1.82) is 0 Å². The van der Waals surface area contributed by atoms with Gasteiger partial charge in [-0.2, -0.15) is 0 Å². The molecular weight excluding hydrogens is 311 g/mol. The van der Waals surface area contributed by atoms with Crippen molar-refractivity contribution in [3.63, 3.8) is 0 Å². The number of nitrogens with one attached hydrogen (secondary N) is 2. The summed E-state index contributed by atoms with van der Waals surface area (Å²) in [7, 11) is 3.18. The molecule has 0 aliphatic heterocycles. The maximum atomic E-state index is 12.8. The van der Waals surface area contributed by atoms with Gasteiger partial charge in [0, 0.05) is 20.2 Å². The van der Waals surface area contributed by atoms with Gasteiger partial charge < -0.3 is 20.1 Å². The van der Waals surface area contributed by atoms with Crippen LogP contribution in [0.5, 0.6) is 5.75 Å². The minimum Gasteiger partial charge on any atom is -0.497 e. The summed E-state index contributed by atoms with van der Waals surface area (Å²) in [5.41, 5.74) is 1.73. The number of carbonyl (C=O) groups excluding carboxylic acids is 1. The fourth-order valence-electron chi connectivity index (χ4n) is 2.21. The monoisotopic (exact) mass is 332 g/mol. The third-order valence-corrected chi connectivity index (χ3v) is 3.56. The molecule has 2 amide bonds. The molecule has 1 atom stereocenters. The summed E-state index contributed by atoms with van der Waals surface area (Å²) in [5.74, 6) is 0.430. The van der Waals surface area contributed by atoms with Gasteiger partial charge in [-0.15, -0.1) is 0 Å². The molecule has 0 aliphatic rings. The van der Waals surface area contributed by atoms with Crippen molar-refractivity contribution in [1.82, 2.24) is 10.6 Å². The van der Waals surface area contributed by atoms with E-state index in [1.807, 2.05) is 24.3 Å². The molecule has 0 aliphatic carbocycles. The molecule has 128 valence electrons. The van der Waals surface area contributed by atoms with Crippen molar-refractivity contribution < 1.29 is 18.7 Å². The highest BCUT2D eigenvalue weighted by molar-refractivity contribution is 5.73. The van der Waals surface area contributed by atoms with E-state index in [9.17, 15) is 9.18 Å². The lowest BCUT2D eigenvalue weighted by Crippen LogP contribution is -2.37. The Labute approximate surface area is 140 Å². The fourth-order valence-corrected chi connectivity index (χ4v) is 2.21. The Kier molecular flexibility index (Phi) is 6.57. The fraction of sp³-hybridized carbons (Fsp3) is 0.278. The third kappa shape index (κ3) is 5.24. The Morgan fingerprint density at radius 2 is 1.88 bits per heavy atom. The lowest BCUT2D eigenvalue weighted by molar-refractivity contribution is 0.104. The molecule has 2 aromatic carbocycles. The Morgan fingerprint density at radius 3 is 2.54 bits per heavy atom. The number of carbonyl (C=O) groups is 1. The summed E-state index contributed by atoms with van der Waals surface area (Å²) in [4.78, 5) is 11.9. The minimum absolute atomic E-state index is 0.281. The molecule has 0 bridgehead atoms. The number of ether oxygens (including phenoxy) is 2. The summed E-state index contributed by atoms with van der Waals surface area (Å²) < 4.78 is 23.4. The van der Waals surface area contributed by atoms with Crippen LogP contribution in [0.25, 0.3) is 0 Å². The molecule has 0 aromatic heterocycles. The minimum atomic E-state index is -0.315. The van der Waals surface area contributed by atoms with E-state index >= 15 is 0 Å². The van der Waals surface area contributed by atoms with Crippen LogP contribution >= 0.6 is 0 Å². The van der Waals surface area contributed by atoms with Crippen LogP contribution in [0.2, 0.25) is 0 Å². The van der Waals surface area contributed by atoms with E-state index in [0.29, 0.717) is 13.1 Å². The van der Waals surface area contributed by atoms with E-state index in [2.05, 4.69) is 10.6 Å². The Bertz CT molecular complexity index is 662. The van der Waals surface area contributed by atoms with Gasteiger partial charge in [-0.25, -0.2) is 9.18 Å². The second-order valence-electron chi connectivity index (χ2n) is 5.19. The molecule has 1 unspecified atom stereocenters. The van der Waals surface area contributed by atoms with Crippen LogP contribution in [0.3, 0.4) is 0 Å². The van der Waals surface area contributed by atoms with Gasteiger partial charge in [0.05, 0.1) is 13.2 Å². The molecule has 0 fully saturated rings. The van der Waals surface area contributed by atoms with E-state index in [0.717, 1.165) is 16.9 Å². The van der Waals surface area contributed by atoms with Crippen molar-refractivity contribution in [2.24, 2.45) is 0 Å². The topological polar surface area (TPSA) is 59.6 Å². The van der Waals surface area contributed by atoms with Crippen LogP contribution < -0.4 is 15.4 Å². The average Bonchev–Trinajstić information content (AvgIpc) is 2.62. The van der Waals surface area contributed by atoms with Crippen LogP contribution in [-0.2, 0) is 11.3 Å². The highest BCUT2D eigenvalue weighted by atomic mass is 19.1. The third-order valence-electron chi connectivity index (χ3n) is 3.56. The van der Waals surface area contributed by atoms with Crippen LogP contribution in [0.15, 0.2) is 48.5 Å². The highest BCUT2D eigenvalue weighted by Gasteiger charge is 2.12. The molecule has 0 saturated carbocycles. The SMILES string of the molecule is COc1cccc(C(CNC(=O)NCc2ccc(F)cc2)OC)c1. The predicted molar refractivity (Wildman–Crippen MR) is 89.4 cm³/mol. The Balaban J connectivity index is 1.83. The van der Waals surface area contributed by atoms with Crippen molar-refractivity contribution in [2.45, 2.75) is 12.6 Å². The molecule has 6 heteroatoms. The molecule has 0 saturated heterocycles. The zero-order valence-corrected chi connectivity index (χ0v) is 13.7. The molecule has 2 N–H and O–H groups in total. The molecule has 2 aromatic rings. The molecule has 2 rings (SSSR count). The van der Waals surface area contributed by atoms with Gasteiger partial charge in [-0.3, -0.25) is 0 Å². The Hall–Kier alpha value is -2.60. The van der Waals surface area contributed by atoms with Crippen LogP contribution in [-0.4, -0.2) is 26.8 Å². The first-order chi connectivity index (χ1) is 11.6. The molecule has 24 heavy (non-hydrogen) atoms. The zero-order chi connectivity index (χ0) is 17.4. The van der Waals surface area contributed by atoms with Crippen LogP contribution in [0, 0.1) is 5.82 Å². The zero-order valence-electron chi connectivity index (χ0n) is 13.7. The first kappa shape index (κ1) is 17.7. The van der Waals surface area contributed by atoms with Gasteiger partial charge in [-0.05, 0) is 35.4 Å². The summed E-state index contributed by atoms with van der Waals surface area (Å²) in [6.07, 6.45) is -0.281. The molecule has 0 spiro atoms. The van der Waals surface area contributed by atoms with Gasteiger partial charge >= 0.3 is 6.03 Å². The summed E-state index contributed by atoms with van der Waals surface area (Å²) >= 11 is 0. The van der Waals surface area contributed by atoms with E-state index in [-0.39, 0.29) is 18.0 Å². The lowest BCUT2D eigenvalue weighted by Gasteiger charge is -2.17. The van der Waals surface area contributed by atoms with Crippen molar-refractivity contribution in [3.05, 3.63) is 65.5 Å². The lowest BCUT2D eigenvalue weighted by atomic mass is 10.1. The van der Waals surface area contributed by atoms with E-state index in [1.165, 1.54) is 12.1 Å². The molecule has 0 heterocycles. The number of methoxy groups -OCH3 is 2. The van der Waals surface area contributed by atoms with Crippen molar-refractivity contribution in [2.75, 3.05) is 20.8 Å². The maximum Gasteiger partial charge on any atom is 0.315 e. The predicted octanol–water partition coefficient (Wildman–Crippen LogP) is 3.02. The first-order valence-corrected chi connectivity index (χ1v) is 7.55. The quantitative estimate of drug-likeness (QED) is 0.819. The number of amides is 2. The number of hydrogen-bond donors (Lipinski definition) is 2. The standard InChI is InChI=1S/C18H21FN2O3/c1-23-16-5-3-4-14(10-16)17(24-2)12-21-18(22)20-11-13-6-8-15(19)9-7-13/h3-10,17H,11-12H2,1-2H3,(H2,20,21,22). The van der Waals surface area contributed by atoms with Gasteiger partial charge in [0.1, 0.15) is 11.6 Å².